The van der Waals surface area contributed by atoms with Crippen molar-refractivity contribution in [1.82, 2.24) is 15.5 Å². The van der Waals surface area contributed by atoms with Crippen LogP contribution in [-0.4, -0.2) is 37.1 Å². The van der Waals surface area contributed by atoms with Gasteiger partial charge in [0.05, 0.1) is 0 Å². The van der Waals surface area contributed by atoms with E-state index in [2.05, 4.69) is 10.6 Å². The van der Waals surface area contributed by atoms with Crippen LogP contribution < -0.4 is 10.6 Å². The lowest BCUT2D eigenvalue weighted by Gasteiger charge is -2.28. The monoisotopic (exact) mass is 255 g/mol. The molecule has 2 rings (SSSR count). The Kier molecular flexibility index (Phi) is 6.43. The minimum atomic E-state index is -0.125. The molecule has 0 radical (unpaired) electrons. The molecule has 2 N–H and O–H groups in total. The molecule has 102 valence electrons. The average Bonchev–Trinajstić information content (AvgIpc) is 2.44. The Morgan fingerprint density at radius 2 is 1.94 bits per heavy atom. The van der Waals surface area contributed by atoms with Crippen LogP contribution in [0.15, 0.2) is 23.7 Å². The first-order valence-corrected chi connectivity index (χ1v) is 6.57. The van der Waals surface area contributed by atoms with Gasteiger partial charge in [0, 0.05) is 38.3 Å². The van der Waals surface area contributed by atoms with Gasteiger partial charge in [-0.15, -0.1) is 0 Å². The van der Waals surface area contributed by atoms with Crippen molar-refractivity contribution >= 4 is 6.03 Å². The number of carbonyl (C=O) groups is 1. The molecule has 1 fully saturated rings. The Bertz CT molecular complexity index is 333. The maximum atomic E-state index is 12.7. The zero-order chi connectivity index (χ0) is 13.4. The molecule has 18 heavy (non-hydrogen) atoms. The summed E-state index contributed by atoms with van der Waals surface area (Å²) in [5.41, 5.74) is 0.796. The van der Waals surface area contributed by atoms with Gasteiger partial charge in [-0.2, -0.15) is 0 Å². The number of piperazine rings is 1. The van der Waals surface area contributed by atoms with Crippen LogP contribution in [0.1, 0.15) is 26.7 Å². The van der Waals surface area contributed by atoms with Crippen LogP contribution >= 0.6 is 0 Å². The fourth-order valence-corrected chi connectivity index (χ4v) is 1.80. The molecule has 5 heteroatoms. The maximum Gasteiger partial charge on any atom is 0.321 e. The van der Waals surface area contributed by atoms with Crippen molar-refractivity contribution in [3.8, 4) is 0 Å². The van der Waals surface area contributed by atoms with Crippen molar-refractivity contribution in [2.75, 3.05) is 26.2 Å². The lowest BCUT2D eigenvalue weighted by Crippen LogP contribution is -2.50. The van der Waals surface area contributed by atoms with E-state index in [-0.39, 0.29) is 11.9 Å². The number of urea groups is 1. The molecule has 0 spiro atoms. The highest BCUT2D eigenvalue weighted by Gasteiger charge is 2.17. The van der Waals surface area contributed by atoms with Crippen molar-refractivity contribution in [2.45, 2.75) is 26.7 Å². The molecule has 0 saturated carbocycles. The summed E-state index contributed by atoms with van der Waals surface area (Å²) >= 11 is 0. The molecule has 0 aromatic rings. The third kappa shape index (κ3) is 4.49. The molecule has 0 unspecified atom stereocenters. The predicted molar refractivity (Wildman–Crippen MR) is 70.8 cm³/mol. The number of halogens is 1. The summed E-state index contributed by atoms with van der Waals surface area (Å²) in [5.74, 6) is -0.125. The summed E-state index contributed by atoms with van der Waals surface area (Å²) in [7, 11) is 0. The topological polar surface area (TPSA) is 44.4 Å². The van der Waals surface area contributed by atoms with Gasteiger partial charge in [0.15, 0.2) is 0 Å². The fourth-order valence-electron chi connectivity index (χ4n) is 1.80. The molecule has 2 aliphatic rings. The van der Waals surface area contributed by atoms with E-state index in [1.807, 2.05) is 13.8 Å². The zero-order valence-corrected chi connectivity index (χ0v) is 11.1. The van der Waals surface area contributed by atoms with Crippen molar-refractivity contribution in [1.29, 1.82) is 0 Å². The van der Waals surface area contributed by atoms with Crippen LogP contribution in [-0.2, 0) is 0 Å². The fraction of sp³-hybridized carbons (Fsp3) is 0.615. The standard InChI is InChI=1S/C11H16FN3O.C2H6/c12-9-1-3-10(4-2-9)14-11(16)15-7-5-13-6-8-15;1-2/h1,3,13H,2,4-8H2,(H,14,16);1-2H3. The Hall–Kier alpha value is -1.36. The third-order valence-corrected chi connectivity index (χ3v) is 2.77. The molecule has 1 aliphatic heterocycles. The Morgan fingerprint density at radius 1 is 1.28 bits per heavy atom. The molecular formula is C13H22FN3O. The van der Waals surface area contributed by atoms with E-state index < -0.39 is 0 Å². The summed E-state index contributed by atoms with van der Waals surface area (Å²) < 4.78 is 12.7. The molecule has 1 saturated heterocycles. The van der Waals surface area contributed by atoms with Crippen LogP contribution in [0.4, 0.5) is 9.18 Å². The molecule has 2 amide bonds. The van der Waals surface area contributed by atoms with Gasteiger partial charge in [-0.3, -0.25) is 0 Å². The molecular weight excluding hydrogens is 233 g/mol. The van der Waals surface area contributed by atoms with Crippen LogP contribution in [0.5, 0.6) is 0 Å². The second-order valence-corrected chi connectivity index (χ2v) is 3.97. The van der Waals surface area contributed by atoms with Gasteiger partial charge in [-0.25, -0.2) is 9.18 Å². The van der Waals surface area contributed by atoms with E-state index in [0.29, 0.717) is 12.8 Å². The lowest BCUT2D eigenvalue weighted by molar-refractivity contribution is 0.192. The average molecular weight is 255 g/mol. The van der Waals surface area contributed by atoms with E-state index in [1.165, 1.54) is 6.08 Å². The van der Waals surface area contributed by atoms with Crippen molar-refractivity contribution in [2.24, 2.45) is 0 Å². The van der Waals surface area contributed by atoms with Crippen molar-refractivity contribution in [3.63, 3.8) is 0 Å². The van der Waals surface area contributed by atoms with Crippen molar-refractivity contribution < 1.29 is 9.18 Å². The molecule has 1 aliphatic carbocycles. The SMILES string of the molecule is CC.O=C(NC1=CC=C(F)CC1)N1CCNCC1. The minimum absolute atomic E-state index is 0.0801. The highest BCUT2D eigenvalue weighted by atomic mass is 19.1. The van der Waals surface area contributed by atoms with Crippen LogP contribution in [0.2, 0.25) is 0 Å². The highest BCUT2D eigenvalue weighted by molar-refractivity contribution is 5.76. The number of nitrogens with zero attached hydrogens (tertiary/aromatic N) is 1. The second kappa shape index (κ2) is 7.87. The van der Waals surface area contributed by atoms with E-state index in [9.17, 15) is 9.18 Å². The number of hydrogen-bond acceptors (Lipinski definition) is 2. The van der Waals surface area contributed by atoms with Crippen molar-refractivity contribution in [3.05, 3.63) is 23.7 Å². The summed E-state index contributed by atoms with van der Waals surface area (Å²) in [4.78, 5) is 13.5. The number of rotatable bonds is 1. The first-order valence-electron chi connectivity index (χ1n) is 6.57. The quantitative estimate of drug-likeness (QED) is 0.754. The summed E-state index contributed by atoms with van der Waals surface area (Å²) in [6.07, 6.45) is 4.00. The third-order valence-electron chi connectivity index (χ3n) is 2.77. The molecule has 0 aromatic heterocycles. The summed E-state index contributed by atoms with van der Waals surface area (Å²) in [5, 5.41) is 6.00. The van der Waals surface area contributed by atoms with E-state index in [0.717, 1.165) is 31.9 Å². The van der Waals surface area contributed by atoms with Gasteiger partial charge in [0.25, 0.3) is 0 Å². The normalized spacial score (nSPS) is 19.2. The lowest BCUT2D eigenvalue weighted by atomic mass is 10.1. The van der Waals surface area contributed by atoms with Gasteiger partial charge >= 0.3 is 6.03 Å². The van der Waals surface area contributed by atoms with E-state index in [4.69, 9.17) is 0 Å². The van der Waals surface area contributed by atoms with Gasteiger partial charge in [0.2, 0.25) is 0 Å². The van der Waals surface area contributed by atoms with Crippen LogP contribution in [0.25, 0.3) is 0 Å². The van der Waals surface area contributed by atoms with Gasteiger partial charge < -0.3 is 15.5 Å². The van der Waals surface area contributed by atoms with Crippen LogP contribution in [0.3, 0.4) is 0 Å². The molecule has 1 heterocycles. The van der Waals surface area contributed by atoms with E-state index >= 15 is 0 Å². The first-order chi connectivity index (χ1) is 8.75. The van der Waals surface area contributed by atoms with Gasteiger partial charge in [-0.1, -0.05) is 13.8 Å². The largest absolute Gasteiger partial charge is 0.322 e. The number of hydrogen-bond donors (Lipinski definition) is 2. The molecule has 0 aromatic carbocycles. The Morgan fingerprint density at radius 3 is 2.50 bits per heavy atom. The molecule has 0 bridgehead atoms. The minimum Gasteiger partial charge on any atom is -0.322 e. The first kappa shape index (κ1) is 14.7. The smallest absolute Gasteiger partial charge is 0.321 e. The second-order valence-electron chi connectivity index (χ2n) is 3.97. The zero-order valence-electron chi connectivity index (χ0n) is 11.1. The maximum absolute atomic E-state index is 12.7. The Balaban J connectivity index is 0.000000771. The highest BCUT2D eigenvalue weighted by Crippen LogP contribution is 2.17. The van der Waals surface area contributed by atoms with E-state index in [1.54, 1.807) is 11.0 Å². The number of allylic oxidation sites excluding steroid dienone is 4. The molecule has 0 atom stereocenters. The summed E-state index contributed by atoms with van der Waals surface area (Å²) in [6, 6.07) is -0.0801. The molecule has 4 nitrogen and oxygen atoms in total. The van der Waals surface area contributed by atoms with Crippen LogP contribution in [0, 0.1) is 0 Å². The predicted octanol–water partition coefficient (Wildman–Crippen LogP) is 2.16. The van der Waals surface area contributed by atoms with Gasteiger partial charge in [0.1, 0.15) is 5.83 Å². The number of amides is 2. The number of carbonyl (C=O) groups excluding carboxylic acids is 1. The summed E-state index contributed by atoms with van der Waals surface area (Å²) in [6.45, 7) is 7.12. The Labute approximate surface area is 108 Å². The number of nitrogens with one attached hydrogen (secondary N) is 2. The van der Waals surface area contributed by atoms with Gasteiger partial charge in [-0.05, 0) is 18.6 Å².